The summed E-state index contributed by atoms with van der Waals surface area (Å²) < 4.78 is 7.74. The third-order valence-electron chi connectivity index (χ3n) is 4.84. The van der Waals surface area contributed by atoms with Gasteiger partial charge in [-0.15, -0.1) is 10.2 Å². The van der Waals surface area contributed by atoms with Crippen LogP contribution < -0.4 is 4.74 Å². The van der Waals surface area contributed by atoms with Crippen molar-refractivity contribution >= 4 is 5.91 Å². The van der Waals surface area contributed by atoms with E-state index in [-0.39, 0.29) is 12.5 Å². The summed E-state index contributed by atoms with van der Waals surface area (Å²) in [7, 11) is 0. The van der Waals surface area contributed by atoms with Gasteiger partial charge in [0.2, 0.25) is 5.91 Å². The van der Waals surface area contributed by atoms with Crippen LogP contribution in [0, 0.1) is 6.92 Å². The van der Waals surface area contributed by atoms with Gasteiger partial charge in [0.05, 0.1) is 18.8 Å². The number of rotatable bonds is 5. The molecule has 1 aliphatic heterocycles. The Morgan fingerprint density at radius 1 is 1.07 bits per heavy atom. The molecule has 1 amide bonds. The Balaban J connectivity index is 1.37. The number of aromatic nitrogens is 5. The van der Waals surface area contributed by atoms with E-state index in [0.717, 1.165) is 17.2 Å². The molecular formula is C20H22N6O2. The number of benzene rings is 1. The Kier molecular flexibility index (Phi) is 5.27. The van der Waals surface area contributed by atoms with E-state index >= 15 is 0 Å². The predicted molar refractivity (Wildman–Crippen MR) is 102 cm³/mol. The first-order valence-corrected chi connectivity index (χ1v) is 9.31. The molecule has 28 heavy (non-hydrogen) atoms. The summed E-state index contributed by atoms with van der Waals surface area (Å²) in [5.74, 6) is 2.35. The van der Waals surface area contributed by atoms with Gasteiger partial charge in [0.25, 0.3) is 0 Å². The summed E-state index contributed by atoms with van der Waals surface area (Å²) in [6.07, 6.45) is 5.78. The molecule has 0 spiro atoms. The molecule has 0 saturated carbocycles. The van der Waals surface area contributed by atoms with Crippen LogP contribution in [0.15, 0.2) is 43.0 Å². The minimum Gasteiger partial charge on any atom is -0.482 e. The van der Waals surface area contributed by atoms with E-state index in [1.807, 2.05) is 40.7 Å². The fourth-order valence-electron chi connectivity index (χ4n) is 3.24. The molecule has 8 nitrogen and oxygen atoms in total. The van der Waals surface area contributed by atoms with E-state index in [1.165, 1.54) is 11.9 Å². The molecule has 0 bridgehead atoms. The second kappa shape index (κ2) is 8.16. The quantitative estimate of drug-likeness (QED) is 0.670. The molecule has 0 N–H and O–H groups in total. The minimum absolute atomic E-state index is 0.141. The normalized spacial score (nSPS) is 13.7. The van der Waals surface area contributed by atoms with Gasteiger partial charge in [-0.1, -0.05) is 29.8 Å². The Bertz CT molecular complexity index is 939. The van der Waals surface area contributed by atoms with Gasteiger partial charge in [0.15, 0.2) is 11.6 Å². The van der Waals surface area contributed by atoms with Crippen molar-refractivity contribution in [3.8, 4) is 5.75 Å². The van der Waals surface area contributed by atoms with E-state index in [4.69, 9.17) is 4.74 Å². The molecule has 1 aliphatic rings. The van der Waals surface area contributed by atoms with Gasteiger partial charge in [-0.2, -0.15) is 0 Å². The van der Waals surface area contributed by atoms with E-state index in [2.05, 4.69) is 20.2 Å². The van der Waals surface area contributed by atoms with Gasteiger partial charge in [-0.25, -0.2) is 9.97 Å². The molecule has 3 heterocycles. The Morgan fingerprint density at radius 3 is 2.64 bits per heavy atom. The first-order chi connectivity index (χ1) is 13.7. The second-order valence-corrected chi connectivity index (χ2v) is 6.84. The van der Waals surface area contributed by atoms with E-state index in [0.29, 0.717) is 38.2 Å². The Labute approximate surface area is 163 Å². The van der Waals surface area contributed by atoms with Crippen molar-refractivity contribution in [1.29, 1.82) is 0 Å². The SMILES string of the molecule is Cc1ccc(CC(=O)N2CCc3nnc(COc4cncnc4)n3CC2)cc1. The summed E-state index contributed by atoms with van der Waals surface area (Å²) in [6, 6.07) is 8.11. The summed E-state index contributed by atoms with van der Waals surface area (Å²) in [5, 5.41) is 8.52. The first-order valence-electron chi connectivity index (χ1n) is 9.31. The molecule has 0 fully saturated rings. The maximum Gasteiger partial charge on any atom is 0.227 e. The average Bonchev–Trinajstić information content (AvgIpc) is 2.97. The second-order valence-electron chi connectivity index (χ2n) is 6.84. The lowest BCUT2D eigenvalue weighted by Crippen LogP contribution is -2.35. The molecule has 2 aromatic heterocycles. The summed E-state index contributed by atoms with van der Waals surface area (Å²) in [4.78, 5) is 22.5. The van der Waals surface area contributed by atoms with Gasteiger partial charge >= 0.3 is 0 Å². The lowest BCUT2D eigenvalue weighted by Gasteiger charge is -2.20. The number of carbonyl (C=O) groups is 1. The highest BCUT2D eigenvalue weighted by molar-refractivity contribution is 5.78. The zero-order valence-corrected chi connectivity index (χ0v) is 15.8. The molecule has 144 valence electrons. The fourth-order valence-corrected chi connectivity index (χ4v) is 3.24. The van der Waals surface area contributed by atoms with E-state index < -0.39 is 0 Å². The lowest BCUT2D eigenvalue weighted by molar-refractivity contribution is -0.130. The number of ether oxygens (including phenoxy) is 1. The average molecular weight is 378 g/mol. The van der Waals surface area contributed by atoms with Crippen molar-refractivity contribution in [3.63, 3.8) is 0 Å². The van der Waals surface area contributed by atoms with Crippen molar-refractivity contribution in [2.75, 3.05) is 13.1 Å². The molecule has 0 radical (unpaired) electrons. The molecule has 0 unspecified atom stereocenters. The predicted octanol–water partition coefficient (Wildman–Crippen LogP) is 1.58. The number of hydrogen-bond acceptors (Lipinski definition) is 6. The fraction of sp³-hybridized carbons (Fsp3) is 0.350. The molecule has 1 aromatic carbocycles. The van der Waals surface area contributed by atoms with Crippen LogP contribution in [0.3, 0.4) is 0 Å². The van der Waals surface area contributed by atoms with Crippen molar-refractivity contribution in [1.82, 2.24) is 29.6 Å². The maximum absolute atomic E-state index is 12.7. The van der Waals surface area contributed by atoms with Crippen LogP contribution in [0.5, 0.6) is 5.75 Å². The van der Waals surface area contributed by atoms with Crippen molar-refractivity contribution in [2.24, 2.45) is 0 Å². The molecular weight excluding hydrogens is 356 g/mol. The summed E-state index contributed by atoms with van der Waals surface area (Å²) >= 11 is 0. The maximum atomic E-state index is 12.7. The minimum atomic E-state index is 0.141. The zero-order chi connectivity index (χ0) is 19.3. The smallest absolute Gasteiger partial charge is 0.227 e. The molecule has 3 aromatic rings. The van der Waals surface area contributed by atoms with Crippen molar-refractivity contribution < 1.29 is 9.53 Å². The van der Waals surface area contributed by atoms with Crippen LogP contribution >= 0.6 is 0 Å². The third-order valence-corrected chi connectivity index (χ3v) is 4.84. The van der Waals surface area contributed by atoms with E-state index in [9.17, 15) is 4.79 Å². The largest absolute Gasteiger partial charge is 0.482 e. The number of amides is 1. The van der Waals surface area contributed by atoms with E-state index in [1.54, 1.807) is 12.4 Å². The first kappa shape index (κ1) is 18.1. The summed E-state index contributed by atoms with van der Waals surface area (Å²) in [5.41, 5.74) is 2.24. The van der Waals surface area contributed by atoms with Gasteiger partial charge in [0.1, 0.15) is 18.8 Å². The number of carbonyl (C=O) groups excluding carboxylic acids is 1. The van der Waals surface area contributed by atoms with Crippen LogP contribution in [0.1, 0.15) is 22.8 Å². The Morgan fingerprint density at radius 2 is 1.86 bits per heavy atom. The van der Waals surface area contributed by atoms with Crippen LogP contribution in [-0.2, 0) is 30.8 Å². The van der Waals surface area contributed by atoms with Crippen molar-refractivity contribution in [3.05, 3.63) is 65.8 Å². The van der Waals surface area contributed by atoms with Gasteiger partial charge in [-0.05, 0) is 12.5 Å². The molecule has 8 heteroatoms. The molecule has 0 atom stereocenters. The van der Waals surface area contributed by atoms with Crippen LogP contribution in [0.25, 0.3) is 0 Å². The number of fused-ring (bicyclic) bond motifs is 1. The van der Waals surface area contributed by atoms with Crippen LogP contribution in [-0.4, -0.2) is 48.6 Å². The molecule has 4 rings (SSSR count). The third kappa shape index (κ3) is 4.16. The number of hydrogen-bond donors (Lipinski definition) is 0. The van der Waals surface area contributed by atoms with Gasteiger partial charge in [-0.3, -0.25) is 4.79 Å². The van der Waals surface area contributed by atoms with Crippen molar-refractivity contribution in [2.45, 2.75) is 32.9 Å². The highest BCUT2D eigenvalue weighted by atomic mass is 16.5. The van der Waals surface area contributed by atoms with Gasteiger partial charge in [0, 0.05) is 26.1 Å². The number of aryl methyl sites for hydroxylation is 1. The monoisotopic (exact) mass is 378 g/mol. The highest BCUT2D eigenvalue weighted by Gasteiger charge is 2.22. The number of nitrogens with zero attached hydrogens (tertiary/aromatic N) is 6. The highest BCUT2D eigenvalue weighted by Crippen LogP contribution is 2.14. The zero-order valence-electron chi connectivity index (χ0n) is 15.8. The summed E-state index contributed by atoms with van der Waals surface area (Å²) in [6.45, 7) is 4.28. The molecule has 0 saturated heterocycles. The van der Waals surface area contributed by atoms with Crippen LogP contribution in [0.2, 0.25) is 0 Å². The Hall–Kier alpha value is -3.29. The molecule has 0 aliphatic carbocycles. The standard InChI is InChI=1S/C20H22N6O2/c1-15-2-4-16(5-3-15)10-20(27)25-7-6-18-23-24-19(26(18)9-8-25)13-28-17-11-21-14-22-12-17/h2-5,11-12,14H,6-10,13H2,1H3. The topological polar surface area (TPSA) is 86.0 Å². The van der Waals surface area contributed by atoms with Crippen LogP contribution in [0.4, 0.5) is 0 Å². The van der Waals surface area contributed by atoms with Gasteiger partial charge < -0.3 is 14.2 Å². The lowest BCUT2D eigenvalue weighted by atomic mass is 10.1.